The fraction of sp³-hybridized carbons (Fsp3) is 0.444. The van der Waals surface area contributed by atoms with Gasteiger partial charge < -0.3 is 9.47 Å². The molecule has 2 aliphatic carbocycles. The summed E-state index contributed by atoms with van der Waals surface area (Å²) in [6.45, 7) is 2.11. The molecule has 0 bridgehead atoms. The Balaban J connectivity index is 2.03. The molecule has 1 saturated carbocycles. The van der Waals surface area contributed by atoms with Gasteiger partial charge in [-0.25, -0.2) is 0 Å². The quantitative estimate of drug-likeness (QED) is 0.636. The van der Waals surface area contributed by atoms with Crippen LogP contribution in [0.3, 0.4) is 0 Å². The highest BCUT2D eigenvalue weighted by molar-refractivity contribution is 6.02. The molecule has 4 heteroatoms. The van der Waals surface area contributed by atoms with Crippen molar-refractivity contribution in [3.63, 3.8) is 0 Å². The zero-order valence-electron chi connectivity index (χ0n) is 13.1. The van der Waals surface area contributed by atoms with Crippen LogP contribution in [0.25, 0.3) is 5.57 Å². The van der Waals surface area contributed by atoms with Crippen LogP contribution in [0.5, 0.6) is 0 Å². The molecular weight excluding hydrogens is 280 g/mol. The molecule has 116 valence electrons. The van der Waals surface area contributed by atoms with E-state index >= 15 is 0 Å². The second-order valence-corrected chi connectivity index (χ2v) is 6.48. The lowest BCUT2D eigenvalue weighted by Crippen LogP contribution is -2.39. The lowest BCUT2D eigenvalue weighted by molar-refractivity contribution is -0.169. The van der Waals surface area contributed by atoms with Crippen molar-refractivity contribution in [3.05, 3.63) is 41.5 Å². The van der Waals surface area contributed by atoms with Gasteiger partial charge in [0.2, 0.25) is 0 Å². The van der Waals surface area contributed by atoms with Crippen LogP contribution in [0, 0.1) is 10.8 Å². The van der Waals surface area contributed by atoms with E-state index < -0.39 is 17.4 Å². The van der Waals surface area contributed by atoms with Crippen molar-refractivity contribution in [1.82, 2.24) is 0 Å². The maximum atomic E-state index is 12.3. The zero-order chi connectivity index (χ0) is 16.0. The number of rotatable bonds is 3. The van der Waals surface area contributed by atoms with E-state index in [2.05, 4.69) is 19.1 Å². The van der Waals surface area contributed by atoms with Crippen molar-refractivity contribution in [2.75, 3.05) is 14.2 Å². The van der Waals surface area contributed by atoms with Crippen LogP contribution in [0.4, 0.5) is 0 Å². The first-order valence-electron chi connectivity index (χ1n) is 7.41. The topological polar surface area (TPSA) is 52.6 Å². The third-order valence-electron chi connectivity index (χ3n) is 5.10. The number of benzene rings is 1. The molecule has 4 nitrogen and oxygen atoms in total. The molecule has 0 radical (unpaired) electrons. The lowest BCUT2D eigenvalue weighted by Gasteiger charge is -2.39. The summed E-state index contributed by atoms with van der Waals surface area (Å²) < 4.78 is 9.82. The smallest absolute Gasteiger partial charge is 0.323 e. The largest absolute Gasteiger partial charge is 0.468 e. The minimum Gasteiger partial charge on any atom is -0.468 e. The summed E-state index contributed by atoms with van der Waals surface area (Å²) in [5, 5.41) is 0. The summed E-state index contributed by atoms with van der Waals surface area (Å²) in [5.74, 6) is -0.982. The first-order chi connectivity index (χ1) is 10.5. The minimum absolute atomic E-state index is 0.118. The van der Waals surface area contributed by atoms with E-state index in [4.69, 9.17) is 9.47 Å². The molecular formula is C18H20O4. The number of allylic oxidation sites excluding steroid dienone is 2. The summed E-state index contributed by atoms with van der Waals surface area (Å²) in [6.07, 6.45) is 1.74. The van der Waals surface area contributed by atoms with Gasteiger partial charge in [-0.2, -0.15) is 0 Å². The third-order valence-corrected chi connectivity index (χ3v) is 5.10. The van der Waals surface area contributed by atoms with Gasteiger partial charge in [-0.05, 0) is 35.8 Å². The first-order valence-corrected chi connectivity index (χ1v) is 7.41. The van der Waals surface area contributed by atoms with E-state index in [1.165, 1.54) is 30.9 Å². The van der Waals surface area contributed by atoms with Crippen molar-refractivity contribution in [2.45, 2.75) is 26.2 Å². The van der Waals surface area contributed by atoms with Gasteiger partial charge in [0, 0.05) is 0 Å². The summed E-state index contributed by atoms with van der Waals surface area (Å²) >= 11 is 0. The molecule has 0 heterocycles. The molecule has 3 rings (SSSR count). The highest BCUT2D eigenvalue weighted by Crippen LogP contribution is 2.65. The lowest BCUT2D eigenvalue weighted by atomic mass is 9.65. The van der Waals surface area contributed by atoms with E-state index in [1.807, 2.05) is 18.2 Å². The SMILES string of the molecule is COC(=O)C1(C(=O)OC)CC2=C(c3ccccc3)CC2(C)C1. The Bertz CT molecular complexity index is 643. The molecule has 2 aliphatic rings. The Morgan fingerprint density at radius 1 is 1.00 bits per heavy atom. The molecule has 1 unspecified atom stereocenters. The van der Waals surface area contributed by atoms with Gasteiger partial charge in [0.25, 0.3) is 0 Å². The van der Waals surface area contributed by atoms with E-state index in [1.54, 1.807) is 0 Å². The molecule has 0 amide bonds. The van der Waals surface area contributed by atoms with E-state index in [0.717, 1.165) is 6.42 Å². The number of fused-ring (bicyclic) bond motifs is 1. The third kappa shape index (κ3) is 1.90. The fourth-order valence-electron chi connectivity index (χ4n) is 4.06. The van der Waals surface area contributed by atoms with Crippen molar-refractivity contribution < 1.29 is 19.1 Å². The molecule has 1 atom stereocenters. The Kier molecular flexibility index (Phi) is 3.35. The highest BCUT2D eigenvalue weighted by Gasteiger charge is 2.63. The number of carbonyl (C=O) groups is 2. The standard InChI is InChI=1S/C18H20O4/c1-17-9-13(12-7-5-4-6-8-12)14(17)10-18(11-17,15(19)21-2)16(20)22-3/h4-8H,9-11H2,1-3H3. The van der Waals surface area contributed by atoms with E-state index in [0.29, 0.717) is 12.8 Å². The molecule has 0 N–H and O–H groups in total. The second kappa shape index (κ2) is 4.97. The van der Waals surface area contributed by atoms with Gasteiger partial charge in [0.15, 0.2) is 5.41 Å². The van der Waals surface area contributed by atoms with Crippen LogP contribution in [-0.2, 0) is 19.1 Å². The zero-order valence-corrected chi connectivity index (χ0v) is 13.1. The van der Waals surface area contributed by atoms with Crippen molar-refractivity contribution in [3.8, 4) is 0 Å². The maximum Gasteiger partial charge on any atom is 0.323 e. The summed E-state index contributed by atoms with van der Waals surface area (Å²) in [4.78, 5) is 24.6. The van der Waals surface area contributed by atoms with Crippen LogP contribution in [-0.4, -0.2) is 26.2 Å². The Morgan fingerprint density at radius 2 is 1.59 bits per heavy atom. The molecule has 22 heavy (non-hydrogen) atoms. The number of methoxy groups -OCH3 is 2. The maximum absolute atomic E-state index is 12.3. The molecule has 0 spiro atoms. The van der Waals surface area contributed by atoms with Gasteiger partial charge in [0.1, 0.15) is 0 Å². The van der Waals surface area contributed by atoms with Crippen LogP contribution < -0.4 is 0 Å². The van der Waals surface area contributed by atoms with Crippen LogP contribution in [0.1, 0.15) is 31.7 Å². The molecule has 1 aromatic carbocycles. The highest BCUT2D eigenvalue weighted by atomic mass is 16.5. The van der Waals surface area contributed by atoms with Gasteiger partial charge in [-0.1, -0.05) is 42.8 Å². The predicted octanol–water partition coefficient (Wildman–Crippen LogP) is 2.98. The van der Waals surface area contributed by atoms with E-state index in [-0.39, 0.29) is 5.41 Å². The van der Waals surface area contributed by atoms with Gasteiger partial charge in [-0.15, -0.1) is 0 Å². The number of ether oxygens (including phenoxy) is 2. The number of hydrogen-bond donors (Lipinski definition) is 0. The summed E-state index contributed by atoms with van der Waals surface area (Å²) in [6, 6.07) is 10.1. The Hall–Kier alpha value is -2.10. The second-order valence-electron chi connectivity index (χ2n) is 6.48. The summed E-state index contributed by atoms with van der Waals surface area (Å²) in [7, 11) is 2.64. The van der Waals surface area contributed by atoms with Crippen LogP contribution in [0.15, 0.2) is 35.9 Å². The molecule has 1 aromatic rings. The van der Waals surface area contributed by atoms with Gasteiger partial charge in [0.05, 0.1) is 14.2 Å². The number of esters is 2. The number of hydrogen-bond acceptors (Lipinski definition) is 4. The molecule has 0 aliphatic heterocycles. The van der Waals surface area contributed by atoms with E-state index in [9.17, 15) is 9.59 Å². The molecule has 1 fully saturated rings. The number of carbonyl (C=O) groups excluding carboxylic acids is 2. The molecule has 0 saturated heterocycles. The molecule has 0 aromatic heterocycles. The van der Waals surface area contributed by atoms with Crippen molar-refractivity contribution in [2.24, 2.45) is 10.8 Å². The minimum atomic E-state index is -1.19. The average Bonchev–Trinajstić information content (AvgIpc) is 2.78. The van der Waals surface area contributed by atoms with Gasteiger partial charge >= 0.3 is 11.9 Å². The first kappa shape index (κ1) is 14.8. The van der Waals surface area contributed by atoms with Crippen LogP contribution >= 0.6 is 0 Å². The normalized spacial score (nSPS) is 25.2. The Labute approximate surface area is 130 Å². The Morgan fingerprint density at radius 3 is 2.14 bits per heavy atom. The van der Waals surface area contributed by atoms with Crippen molar-refractivity contribution in [1.29, 1.82) is 0 Å². The predicted molar refractivity (Wildman–Crippen MR) is 81.8 cm³/mol. The van der Waals surface area contributed by atoms with Crippen molar-refractivity contribution >= 4 is 17.5 Å². The van der Waals surface area contributed by atoms with Gasteiger partial charge in [-0.3, -0.25) is 9.59 Å². The fourth-order valence-corrected chi connectivity index (χ4v) is 4.06. The summed E-state index contributed by atoms with van der Waals surface area (Å²) in [5.41, 5.74) is 2.30. The average molecular weight is 300 g/mol. The monoisotopic (exact) mass is 300 g/mol. The van der Waals surface area contributed by atoms with Crippen LogP contribution in [0.2, 0.25) is 0 Å².